The number of benzene rings is 5. The SMILES string of the molecule is CC(C)c1cccc(C(C)C)c1-n1c(-c2[c-]ccc3c2oc2ccccc23)nc2cnc3ccccc3c21.Cc1c[c-]c(-c2ccc(C)cn2)cc1.[Ir]. The van der Waals surface area contributed by atoms with E-state index in [0.717, 1.165) is 66.5 Å². The van der Waals surface area contributed by atoms with Gasteiger partial charge in [-0.15, -0.1) is 53.6 Å². The van der Waals surface area contributed by atoms with Gasteiger partial charge in [-0.2, -0.15) is 0 Å². The average molecular weight is 869 g/mol. The van der Waals surface area contributed by atoms with E-state index in [1.54, 1.807) is 0 Å². The summed E-state index contributed by atoms with van der Waals surface area (Å²) < 4.78 is 8.82. The zero-order valence-electron chi connectivity index (χ0n) is 30.7. The maximum Gasteiger partial charge on any atom is 0.120 e. The summed E-state index contributed by atoms with van der Waals surface area (Å²) in [5, 5.41) is 3.24. The monoisotopic (exact) mass is 869 g/mol. The fourth-order valence-electron chi connectivity index (χ4n) is 7.00. The van der Waals surface area contributed by atoms with Gasteiger partial charge in [0, 0.05) is 42.8 Å². The molecule has 6 heteroatoms. The van der Waals surface area contributed by atoms with E-state index < -0.39 is 0 Å². The topological polar surface area (TPSA) is 56.7 Å². The first-order valence-electron chi connectivity index (χ1n) is 17.9. The molecule has 9 aromatic rings. The Morgan fingerprint density at radius 1 is 0.642 bits per heavy atom. The Morgan fingerprint density at radius 2 is 1.36 bits per heavy atom. The van der Waals surface area contributed by atoms with Gasteiger partial charge in [0.2, 0.25) is 0 Å². The number of hydrogen-bond donors (Lipinski definition) is 0. The van der Waals surface area contributed by atoms with Gasteiger partial charge in [0.15, 0.2) is 0 Å². The number of pyridine rings is 2. The molecule has 0 aliphatic carbocycles. The van der Waals surface area contributed by atoms with E-state index in [-0.39, 0.29) is 20.1 Å². The average Bonchev–Trinajstić information content (AvgIpc) is 3.74. The zero-order valence-corrected chi connectivity index (χ0v) is 33.1. The van der Waals surface area contributed by atoms with Crippen molar-refractivity contribution >= 4 is 43.9 Å². The van der Waals surface area contributed by atoms with Crippen LogP contribution in [0.25, 0.3) is 72.2 Å². The van der Waals surface area contributed by atoms with Crippen LogP contribution in [0, 0.1) is 26.0 Å². The molecule has 0 amide bonds. The van der Waals surface area contributed by atoms with Crippen LogP contribution in [0.3, 0.4) is 0 Å². The van der Waals surface area contributed by atoms with E-state index in [4.69, 9.17) is 14.4 Å². The van der Waals surface area contributed by atoms with E-state index in [9.17, 15) is 0 Å². The predicted octanol–water partition coefficient (Wildman–Crippen LogP) is 12.4. The van der Waals surface area contributed by atoms with Gasteiger partial charge in [0.05, 0.1) is 34.2 Å². The second-order valence-corrected chi connectivity index (χ2v) is 14.1. The number of aryl methyl sites for hydroxylation is 2. The molecule has 0 bridgehead atoms. The third-order valence-corrected chi connectivity index (χ3v) is 9.67. The van der Waals surface area contributed by atoms with Crippen LogP contribution in [0.1, 0.15) is 61.8 Å². The standard InChI is InChI=1S/C34H28N3O.C13H12N.Ir/c1-20(2)22-13-9-14-23(21(3)4)31(22)37-32-26-12-5-7-17-28(26)35-19-29(32)36-34(37)27-16-10-15-25-24-11-6-8-18-30(24)38-33(25)27;1-10-3-6-12(7-4-10)13-8-5-11(2)9-14-13;/h5-15,17-21H,1-4H3;3-6,8-9H,1-2H3;/q2*-1;. The molecule has 1 radical (unpaired) electrons. The number of fused-ring (bicyclic) bond motifs is 6. The van der Waals surface area contributed by atoms with Crippen molar-refractivity contribution in [2.45, 2.75) is 53.4 Å². The summed E-state index contributed by atoms with van der Waals surface area (Å²) in [4.78, 5) is 14.3. The number of nitrogens with zero attached hydrogens (tertiary/aromatic N) is 4. The Bertz CT molecular complexity index is 2630. The van der Waals surface area contributed by atoms with Crippen LogP contribution in [-0.4, -0.2) is 19.5 Å². The molecule has 0 spiro atoms. The Morgan fingerprint density at radius 3 is 2.06 bits per heavy atom. The van der Waals surface area contributed by atoms with E-state index in [0.29, 0.717) is 11.8 Å². The number of rotatable bonds is 5. The molecule has 0 N–H and O–H groups in total. The zero-order chi connectivity index (χ0) is 35.9. The minimum Gasteiger partial charge on any atom is -0.501 e. The van der Waals surface area contributed by atoms with Crippen LogP contribution in [0.2, 0.25) is 0 Å². The van der Waals surface area contributed by atoms with Crippen molar-refractivity contribution in [3.05, 3.63) is 156 Å². The predicted molar refractivity (Wildman–Crippen MR) is 214 cm³/mol. The molecule has 9 rings (SSSR count). The van der Waals surface area contributed by atoms with Crippen LogP contribution < -0.4 is 0 Å². The molecule has 53 heavy (non-hydrogen) atoms. The van der Waals surface area contributed by atoms with Crippen LogP contribution >= 0.6 is 0 Å². The van der Waals surface area contributed by atoms with Crippen LogP contribution in [0.4, 0.5) is 0 Å². The molecule has 5 nitrogen and oxygen atoms in total. The van der Waals surface area contributed by atoms with Gasteiger partial charge in [-0.25, -0.2) is 0 Å². The largest absolute Gasteiger partial charge is 0.501 e. The second kappa shape index (κ2) is 14.9. The van der Waals surface area contributed by atoms with Gasteiger partial charge in [-0.05, 0) is 53.3 Å². The van der Waals surface area contributed by atoms with Gasteiger partial charge >= 0.3 is 0 Å². The van der Waals surface area contributed by atoms with E-state index in [2.05, 4.69) is 123 Å². The number of aromatic nitrogens is 4. The smallest absolute Gasteiger partial charge is 0.120 e. The Hall–Kier alpha value is -5.42. The Labute approximate surface area is 324 Å². The van der Waals surface area contributed by atoms with Crippen LogP contribution in [0.15, 0.2) is 126 Å². The summed E-state index contributed by atoms with van der Waals surface area (Å²) in [6, 6.07) is 44.2. The molecule has 0 atom stereocenters. The first-order valence-corrected chi connectivity index (χ1v) is 17.9. The number of furan rings is 1. The first kappa shape index (κ1) is 36.0. The summed E-state index contributed by atoms with van der Waals surface area (Å²) in [5.74, 6) is 1.47. The molecule has 265 valence electrons. The van der Waals surface area contributed by atoms with Gasteiger partial charge in [0.1, 0.15) is 5.58 Å². The normalized spacial score (nSPS) is 11.4. The van der Waals surface area contributed by atoms with Crippen molar-refractivity contribution in [1.82, 2.24) is 19.5 Å². The Kier molecular flexibility index (Phi) is 10.1. The van der Waals surface area contributed by atoms with E-state index in [1.807, 2.05) is 61.8 Å². The minimum atomic E-state index is 0. The molecule has 0 saturated heterocycles. The molecule has 0 aliphatic rings. The summed E-state index contributed by atoms with van der Waals surface area (Å²) in [7, 11) is 0. The van der Waals surface area contributed by atoms with Crippen LogP contribution in [-0.2, 0) is 20.1 Å². The molecule has 0 aliphatic heterocycles. The van der Waals surface area contributed by atoms with Gasteiger partial charge < -0.3 is 14.0 Å². The second-order valence-electron chi connectivity index (χ2n) is 14.1. The van der Waals surface area contributed by atoms with Crippen molar-refractivity contribution in [2.75, 3.05) is 0 Å². The van der Waals surface area contributed by atoms with Crippen molar-refractivity contribution in [3.63, 3.8) is 0 Å². The maximum absolute atomic E-state index is 6.47. The number of hydrogen-bond acceptors (Lipinski definition) is 4. The third kappa shape index (κ3) is 6.70. The van der Waals surface area contributed by atoms with Crippen LogP contribution in [0.5, 0.6) is 0 Å². The van der Waals surface area contributed by atoms with Crippen molar-refractivity contribution < 1.29 is 24.5 Å². The van der Waals surface area contributed by atoms with Gasteiger partial charge in [-0.3, -0.25) is 9.97 Å². The fourth-order valence-corrected chi connectivity index (χ4v) is 7.00. The van der Waals surface area contributed by atoms with Crippen molar-refractivity contribution in [2.24, 2.45) is 0 Å². The number of para-hydroxylation sites is 3. The van der Waals surface area contributed by atoms with E-state index >= 15 is 0 Å². The molecule has 5 aromatic carbocycles. The van der Waals surface area contributed by atoms with Crippen molar-refractivity contribution in [1.29, 1.82) is 0 Å². The molecular weight excluding hydrogens is 829 g/mol. The van der Waals surface area contributed by atoms with E-state index in [1.165, 1.54) is 27.9 Å². The molecule has 0 fully saturated rings. The summed E-state index contributed by atoms with van der Waals surface area (Å²) in [6.45, 7) is 13.1. The third-order valence-electron chi connectivity index (χ3n) is 9.67. The molecule has 0 unspecified atom stereocenters. The molecular formula is C47H40IrN4O-2. The summed E-state index contributed by atoms with van der Waals surface area (Å²) in [5.41, 5.74) is 13.6. The maximum atomic E-state index is 6.47. The minimum absolute atomic E-state index is 0. The van der Waals surface area contributed by atoms with Gasteiger partial charge in [-0.1, -0.05) is 112 Å². The molecule has 0 saturated carbocycles. The quantitative estimate of drug-likeness (QED) is 0.162. The van der Waals surface area contributed by atoms with Gasteiger partial charge in [0.25, 0.3) is 0 Å². The summed E-state index contributed by atoms with van der Waals surface area (Å²) in [6.07, 6.45) is 3.77. The Balaban J connectivity index is 0.000000245. The molecule has 4 heterocycles. The van der Waals surface area contributed by atoms with Crippen molar-refractivity contribution in [3.8, 4) is 28.3 Å². The summed E-state index contributed by atoms with van der Waals surface area (Å²) >= 11 is 0. The fraction of sp³-hybridized carbons (Fsp3) is 0.170. The first-order chi connectivity index (χ1) is 25.3. The molecule has 4 aromatic heterocycles. The number of imidazole rings is 1.